The zero-order chi connectivity index (χ0) is 10.6. The molecule has 0 saturated heterocycles. The van der Waals surface area contributed by atoms with E-state index < -0.39 is 0 Å². The monoisotopic (exact) mass is 257 g/mol. The Morgan fingerprint density at radius 1 is 1.50 bits per heavy atom. The highest BCUT2D eigenvalue weighted by atomic mass is 79.9. The molecule has 0 aromatic carbocycles. The molecule has 1 aromatic heterocycles. The average Bonchev–Trinajstić information content (AvgIpc) is 2.06. The van der Waals surface area contributed by atoms with E-state index in [1.165, 1.54) is 0 Å². The number of pyridine rings is 1. The van der Waals surface area contributed by atoms with Crippen molar-refractivity contribution in [1.29, 1.82) is 0 Å². The predicted octanol–water partition coefficient (Wildman–Crippen LogP) is 2.38. The van der Waals surface area contributed by atoms with Gasteiger partial charge in [0.05, 0.1) is 11.9 Å². The molecule has 0 unspecified atom stereocenters. The molecule has 0 fully saturated rings. The molecule has 1 aromatic rings. The number of hydrogen-bond donors (Lipinski definition) is 2. The van der Waals surface area contributed by atoms with Crippen LogP contribution in [0.5, 0.6) is 0 Å². The van der Waals surface area contributed by atoms with E-state index in [1.54, 1.807) is 6.20 Å². The predicted molar refractivity (Wildman–Crippen MR) is 63.3 cm³/mol. The summed E-state index contributed by atoms with van der Waals surface area (Å²) in [5.41, 5.74) is 6.77. The fraction of sp³-hybridized carbons (Fsp3) is 0.500. The standard InChI is InChI=1S/C10H16BrN3/c1-10(2,12)5-6-13-8-3-4-9(11)14-7-8/h3-4,7,13H,5-6,12H2,1-2H3. The molecule has 0 amide bonds. The number of nitrogens with zero attached hydrogens (tertiary/aromatic N) is 1. The molecule has 78 valence electrons. The van der Waals surface area contributed by atoms with E-state index in [0.29, 0.717) is 0 Å². The Morgan fingerprint density at radius 3 is 2.71 bits per heavy atom. The highest BCUT2D eigenvalue weighted by Crippen LogP contribution is 2.11. The summed E-state index contributed by atoms with van der Waals surface area (Å²) in [5.74, 6) is 0. The Labute approximate surface area is 93.2 Å². The van der Waals surface area contributed by atoms with E-state index in [2.05, 4.69) is 26.2 Å². The number of rotatable bonds is 4. The third-order valence-corrected chi connectivity index (χ3v) is 2.29. The van der Waals surface area contributed by atoms with Crippen molar-refractivity contribution in [2.75, 3.05) is 11.9 Å². The van der Waals surface area contributed by atoms with Crippen LogP contribution in [-0.4, -0.2) is 17.1 Å². The summed E-state index contributed by atoms with van der Waals surface area (Å²) in [5, 5.41) is 3.27. The van der Waals surface area contributed by atoms with E-state index in [1.807, 2.05) is 26.0 Å². The third-order valence-electron chi connectivity index (χ3n) is 1.83. The first kappa shape index (κ1) is 11.5. The largest absolute Gasteiger partial charge is 0.384 e. The van der Waals surface area contributed by atoms with Gasteiger partial charge in [-0.05, 0) is 48.3 Å². The lowest BCUT2D eigenvalue weighted by atomic mass is 10.0. The minimum absolute atomic E-state index is 0.115. The smallest absolute Gasteiger partial charge is 0.106 e. The maximum atomic E-state index is 5.86. The number of hydrogen-bond acceptors (Lipinski definition) is 3. The minimum Gasteiger partial charge on any atom is -0.384 e. The molecule has 0 bridgehead atoms. The third kappa shape index (κ3) is 4.58. The molecular weight excluding hydrogens is 242 g/mol. The second-order valence-corrected chi connectivity index (χ2v) is 4.85. The van der Waals surface area contributed by atoms with Crippen LogP contribution in [0.2, 0.25) is 0 Å². The van der Waals surface area contributed by atoms with Gasteiger partial charge in [-0.2, -0.15) is 0 Å². The molecule has 14 heavy (non-hydrogen) atoms. The summed E-state index contributed by atoms with van der Waals surface area (Å²) in [6.07, 6.45) is 2.73. The molecule has 0 radical (unpaired) electrons. The Hall–Kier alpha value is -0.610. The van der Waals surface area contributed by atoms with Crippen LogP contribution in [0.4, 0.5) is 5.69 Å². The van der Waals surface area contributed by atoms with Crippen molar-refractivity contribution in [3.8, 4) is 0 Å². The molecule has 0 aliphatic carbocycles. The number of halogens is 1. The summed E-state index contributed by atoms with van der Waals surface area (Å²) in [6, 6.07) is 3.90. The average molecular weight is 258 g/mol. The summed E-state index contributed by atoms with van der Waals surface area (Å²) in [7, 11) is 0. The van der Waals surface area contributed by atoms with Crippen LogP contribution >= 0.6 is 15.9 Å². The van der Waals surface area contributed by atoms with Crippen molar-refractivity contribution in [1.82, 2.24) is 4.98 Å². The molecular formula is C10H16BrN3. The molecule has 0 aliphatic heterocycles. The van der Waals surface area contributed by atoms with Gasteiger partial charge in [-0.15, -0.1) is 0 Å². The van der Waals surface area contributed by atoms with Crippen LogP contribution in [-0.2, 0) is 0 Å². The van der Waals surface area contributed by atoms with E-state index in [9.17, 15) is 0 Å². The molecule has 0 atom stereocenters. The van der Waals surface area contributed by atoms with E-state index in [-0.39, 0.29) is 5.54 Å². The maximum Gasteiger partial charge on any atom is 0.106 e. The van der Waals surface area contributed by atoms with Crippen molar-refractivity contribution in [2.45, 2.75) is 25.8 Å². The van der Waals surface area contributed by atoms with Crippen LogP contribution in [0.15, 0.2) is 22.9 Å². The van der Waals surface area contributed by atoms with Gasteiger partial charge in [-0.25, -0.2) is 4.98 Å². The SMILES string of the molecule is CC(C)(N)CCNc1ccc(Br)nc1. The van der Waals surface area contributed by atoms with Gasteiger partial charge in [0.25, 0.3) is 0 Å². The van der Waals surface area contributed by atoms with Crippen molar-refractivity contribution in [2.24, 2.45) is 5.73 Å². The molecule has 3 N–H and O–H groups in total. The quantitative estimate of drug-likeness (QED) is 0.815. The Kier molecular flexibility index (Phi) is 3.89. The number of nitrogens with two attached hydrogens (primary N) is 1. The highest BCUT2D eigenvalue weighted by molar-refractivity contribution is 9.10. The van der Waals surface area contributed by atoms with Crippen LogP contribution < -0.4 is 11.1 Å². The normalized spacial score (nSPS) is 11.4. The van der Waals surface area contributed by atoms with Gasteiger partial charge in [0.2, 0.25) is 0 Å². The molecule has 4 heteroatoms. The summed E-state index contributed by atoms with van der Waals surface area (Å²) in [4.78, 5) is 4.12. The van der Waals surface area contributed by atoms with E-state index >= 15 is 0 Å². The summed E-state index contributed by atoms with van der Waals surface area (Å²) in [6.45, 7) is 4.91. The Bertz CT molecular complexity index is 276. The zero-order valence-electron chi connectivity index (χ0n) is 8.55. The molecule has 0 aliphatic rings. The maximum absolute atomic E-state index is 5.86. The van der Waals surface area contributed by atoms with Crippen molar-refractivity contribution < 1.29 is 0 Å². The molecule has 3 nitrogen and oxygen atoms in total. The topological polar surface area (TPSA) is 50.9 Å². The first-order chi connectivity index (χ1) is 6.47. The van der Waals surface area contributed by atoms with Gasteiger partial charge in [0.15, 0.2) is 0 Å². The molecule has 0 saturated carbocycles. The van der Waals surface area contributed by atoms with Crippen LogP contribution in [0.25, 0.3) is 0 Å². The first-order valence-corrected chi connectivity index (χ1v) is 5.41. The van der Waals surface area contributed by atoms with Gasteiger partial charge in [-0.1, -0.05) is 0 Å². The minimum atomic E-state index is -0.115. The number of anilines is 1. The highest BCUT2D eigenvalue weighted by Gasteiger charge is 2.09. The van der Waals surface area contributed by atoms with E-state index in [4.69, 9.17) is 5.73 Å². The second kappa shape index (κ2) is 4.75. The zero-order valence-corrected chi connectivity index (χ0v) is 10.1. The van der Waals surface area contributed by atoms with Crippen LogP contribution in [0.3, 0.4) is 0 Å². The summed E-state index contributed by atoms with van der Waals surface area (Å²) >= 11 is 3.29. The second-order valence-electron chi connectivity index (χ2n) is 4.03. The van der Waals surface area contributed by atoms with Gasteiger partial charge < -0.3 is 11.1 Å². The first-order valence-electron chi connectivity index (χ1n) is 4.62. The molecule has 1 heterocycles. The summed E-state index contributed by atoms with van der Waals surface area (Å²) < 4.78 is 0.849. The number of nitrogens with one attached hydrogen (secondary N) is 1. The van der Waals surface area contributed by atoms with Crippen LogP contribution in [0, 0.1) is 0 Å². The van der Waals surface area contributed by atoms with Gasteiger partial charge in [-0.3, -0.25) is 0 Å². The lowest BCUT2D eigenvalue weighted by Gasteiger charge is -2.18. The van der Waals surface area contributed by atoms with Crippen molar-refractivity contribution in [3.05, 3.63) is 22.9 Å². The lowest BCUT2D eigenvalue weighted by molar-refractivity contribution is 0.491. The molecule has 0 spiro atoms. The van der Waals surface area contributed by atoms with Gasteiger partial charge in [0.1, 0.15) is 4.60 Å². The Morgan fingerprint density at radius 2 is 2.21 bits per heavy atom. The van der Waals surface area contributed by atoms with E-state index in [0.717, 1.165) is 23.3 Å². The van der Waals surface area contributed by atoms with Gasteiger partial charge >= 0.3 is 0 Å². The fourth-order valence-corrected chi connectivity index (χ4v) is 1.24. The van der Waals surface area contributed by atoms with Crippen molar-refractivity contribution >= 4 is 21.6 Å². The van der Waals surface area contributed by atoms with Crippen LogP contribution in [0.1, 0.15) is 20.3 Å². The lowest BCUT2D eigenvalue weighted by Crippen LogP contribution is -2.34. The fourth-order valence-electron chi connectivity index (χ4n) is 1.01. The Balaban J connectivity index is 2.35. The molecule has 1 rings (SSSR count). The number of aromatic nitrogens is 1. The van der Waals surface area contributed by atoms with Gasteiger partial charge in [0, 0.05) is 12.1 Å². The van der Waals surface area contributed by atoms with Crippen molar-refractivity contribution in [3.63, 3.8) is 0 Å².